The fourth-order valence-corrected chi connectivity index (χ4v) is 3.07. The van der Waals surface area contributed by atoms with Crippen LogP contribution >= 0.6 is 11.3 Å². The first-order chi connectivity index (χ1) is 11.1. The SMILES string of the molecule is O=C(O)Cc1cccc(CNC(=O)c2ncnc3ccsc23)c1. The lowest BCUT2D eigenvalue weighted by molar-refractivity contribution is -0.136. The zero-order chi connectivity index (χ0) is 16.2. The molecule has 1 amide bonds. The van der Waals surface area contributed by atoms with Gasteiger partial charge < -0.3 is 10.4 Å². The van der Waals surface area contributed by atoms with E-state index >= 15 is 0 Å². The lowest BCUT2D eigenvalue weighted by atomic mass is 10.1. The molecule has 1 aromatic carbocycles. The number of carbonyl (C=O) groups excluding carboxylic acids is 1. The molecule has 0 saturated heterocycles. The maximum Gasteiger partial charge on any atom is 0.307 e. The van der Waals surface area contributed by atoms with Crippen molar-refractivity contribution in [3.05, 3.63) is 58.9 Å². The van der Waals surface area contributed by atoms with Gasteiger partial charge in [0.05, 0.1) is 16.6 Å². The number of hydrogen-bond donors (Lipinski definition) is 2. The second-order valence-electron chi connectivity index (χ2n) is 4.93. The van der Waals surface area contributed by atoms with Crippen LogP contribution in [0.25, 0.3) is 10.2 Å². The number of amides is 1. The molecule has 0 aliphatic rings. The van der Waals surface area contributed by atoms with Crippen molar-refractivity contribution in [3.63, 3.8) is 0 Å². The third kappa shape index (κ3) is 3.51. The van der Waals surface area contributed by atoms with Gasteiger partial charge in [-0.1, -0.05) is 24.3 Å². The number of carboxylic acid groups (broad SMARTS) is 1. The number of hydrogen-bond acceptors (Lipinski definition) is 5. The molecule has 3 aromatic rings. The largest absolute Gasteiger partial charge is 0.481 e. The zero-order valence-electron chi connectivity index (χ0n) is 12.0. The highest BCUT2D eigenvalue weighted by molar-refractivity contribution is 7.17. The Kier molecular flexibility index (Phi) is 4.29. The molecule has 6 nitrogen and oxygen atoms in total. The van der Waals surface area contributed by atoms with E-state index in [1.165, 1.54) is 17.7 Å². The molecule has 0 bridgehead atoms. The normalized spacial score (nSPS) is 10.6. The Morgan fingerprint density at radius 2 is 2.00 bits per heavy atom. The van der Waals surface area contributed by atoms with Gasteiger partial charge in [0.25, 0.3) is 5.91 Å². The minimum absolute atomic E-state index is 0.0382. The van der Waals surface area contributed by atoms with Crippen molar-refractivity contribution in [3.8, 4) is 0 Å². The van der Waals surface area contributed by atoms with Crippen molar-refractivity contribution in [2.24, 2.45) is 0 Å². The van der Waals surface area contributed by atoms with Crippen LogP contribution in [0.3, 0.4) is 0 Å². The fourth-order valence-electron chi connectivity index (χ4n) is 2.24. The van der Waals surface area contributed by atoms with E-state index in [9.17, 15) is 9.59 Å². The van der Waals surface area contributed by atoms with Crippen molar-refractivity contribution in [1.29, 1.82) is 0 Å². The van der Waals surface area contributed by atoms with Crippen LogP contribution < -0.4 is 5.32 Å². The topological polar surface area (TPSA) is 92.2 Å². The summed E-state index contributed by atoms with van der Waals surface area (Å²) in [5.41, 5.74) is 2.64. The summed E-state index contributed by atoms with van der Waals surface area (Å²) in [6.45, 7) is 0.309. The number of benzene rings is 1. The number of aromatic nitrogens is 2. The molecule has 0 aliphatic carbocycles. The number of aliphatic carboxylic acids is 1. The zero-order valence-corrected chi connectivity index (χ0v) is 12.8. The van der Waals surface area contributed by atoms with Crippen molar-refractivity contribution in [2.75, 3.05) is 0 Å². The highest BCUT2D eigenvalue weighted by Crippen LogP contribution is 2.21. The summed E-state index contributed by atoms with van der Waals surface area (Å²) in [6, 6.07) is 8.98. The highest BCUT2D eigenvalue weighted by atomic mass is 32.1. The highest BCUT2D eigenvalue weighted by Gasteiger charge is 2.13. The predicted molar refractivity (Wildman–Crippen MR) is 86.4 cm³/mol. The van der Waals surface area contributed by atoms with Crippen LogP contribution in [0.2, 0.25) is 0 Å². The van der Waals surface area contributed by atoms with E-state index in [1.54, 1.807) is 18.2 Å². The Bertz CT molecular complexity index is 876. The first-order valence-electron chi connectivity index (χ1n) is 6.89. The van der Waals surface area contributed by atoms with Crippen molar-refractivity contribution in [1.82, 2.24) is 15.3 Å². The van der Waals surface area contributed by atoms with Crippen LogP contribution in [-0.4, -0.2) is 27.0 Å². The number of carbonyl (C=O) groups is 2. The molecule has 2 aromatic heterocycles. The minimum Gasteiger partial charge on any atom is -0.481 e. The van der Waals surface area contributed by atoms with Gasteiger partial charge in [-0.05, 0) is 22.6 Å². The van der Waals surface area contributed by atoms with Gasteiger partial charge in [0.2, 0.25) is 0 Å². The Morgan fingerprint density at radius 1 is 1.17 bits per heavy atom. The van der Waals surface area contributed by atoms with E-state index in [0.717, 1.165) is 15.8 Å². The number of thiophene rings is 1. The van der Waals surface area contributed by atoms with Gasteiger partial charge in [0.15, 0.2) is 0 Å². The summed E-state index contributed by atoms with van der Waals surface area (Å²) in [5, 5.41) is 13.5. The fraction of sp³-hybridized carbons (Fsp3) is 0.125. The molecule has 2 N–H and O–H groups in total. The molecule has 0 spiro atoms. The Hall–Kier alpha value is -2.80. The monoisotopic (exact) mass is 327 g/mol. The van der Waals surface area contributed by atoms with Gasteiger partial charge >= 0.3 is 5.97 Å². The summed E-state index contributed by atoms with van der Waals surface area (Å²) in [5.74, 6) is -1.16. The first kappa shape index (κ1) is 15.1. The van der Waals surface area contributed by atoms with Crippen molar-refractivity contribution in [2.45, 2.75) is 13.0 Å². The van der Waals surface area contributed by atoms with Crippen LogP contribution in [0.15, 0.2) is 42.0 Å². The van der Waals surface area contributed by atoms with Gasteiger partial charge in [-0.2, -0.15) is 0 Å². The predicted octanol–water partition coefficient (Wildman–Crippen LogP) is 2.25. The third-order valence-corrected chi connectivity index (χ3v) is 4.17. The molecule has 116 valence electrons. The molecule has 0 atom stereocenters. The van der Waals surface area contributed by atoms with Crippen LogP contribution in [0.1, 0.15) is 21.6 Å². The summed E-state index contributed by atoms with van der Waals surface area (Å²) < 4.78 is 0.754. The standard InChI is InChI=1S/C16H13N3O3S/c20-13(21)7-10-2-1-3-11(6-10)8-17-16(22)14-15-12(4-5-23-15)18-9-19-14/h1-6,9H,7-8H2,(H,17,22)(H,20,21). The molecular weight excluding hydrogens is 314 g/mol. The number of carboxylic acids is 1. The lowest BCUT2D eigenvalue weighted by Gasteiger charge is -2.07. The molecule has 2 heterocycles. The number of rotatable bonds is 5. The van der Waals surface area contributed by atoms with Gasteiger partial charge in [-0.15, -0.1) is 11.3 Å². The molecular formula is C16H13N3O3S. The van der Waals surface area contributed by atoms with E-state index in [1.807, 2.05) is 17.5 Å². The van der Waals surface area contributed by atoms with Crippen molar-refractivity contribution < 1.29 is 14.7 Å². The Morgan fingerprint density at radius 3 is 2.83 bits per heavy atom. The molecule has 0 fully saturated rings. The Labute approximate surface area is 135 Å². The number of fused-ring (bicyclic) bond motifs is 1. The summed E-state index contributed by atoms with van der Waals surface area (Å²) in [7, 11) is 0. The average Bonchev–Trinajstić information content (AvgIpc) is 3.01. The molecule has 0 saturated carbocycles. The first-order valence-corrected chi connectivity index (χ1v) is 7.77. The van der Waals surface area contributed by atoms with Crippen molar-refractivity contribution >= 4 is 33.4 Å². The van der Waals surface area contributed by atoms with Gasteiger partial charge in [-0.3, -0.25) is 9.59 Å². The summed E-state index contributed by atoms with van der Waals surface area (Å²) in [6.07, 6.45) is 1.33. The van der Waals surface area contributed by atoms with E-state index in [0.29, 0.717) is 17.8 Å². The van der Waals surface area contributed by atoms with Crippen LogP contribution in [0.5, 0.6) is 0 Å². The molecule has 0 aliphatic heterocycles. The van der Waals surface area contributed by atoms with Crippen LogP contribution in [0.4, 0.5) is 0 Å². The quantitative estimate of drug-likeness (QED) is 0.750. The third-order valence-electron chi connectivity index (χ3n) is 3.26. The Balaban J connectivity index is 1.72. The van der Waals surface area contributed by atoms with E-state index in [4.69, 9.17) is 5.11 Å². The molecule has 0 unspecified atom stereocenters. The van der Waals surface area contributed by atoms with E-state index in [2.05, 4.69) is 15.3 Å². The van der Waals surface area contributed by atoms with Gasteiger partial charge in [-0.25, -0.2) is 9.97 Å². The maximum atomic E-state index is 12.3. The second-order valence-corrected chi connectivity index (χ2v) is 5.85. The summed E-state index contributed by atoms with van der Waals surface area (Å²) >= 11 is 1.42. The van der Waals surface area contributed by atoms with E-state index in [-0.39, 0.29) is 12.3 Å². The second kappa shape index (κ2) is 6.53. The van der Waals surface area contributed by atoms with Crippen LogP contribution in [0, 0.1) is 0 Å². The average molecular weight is 327 g/mol. The smallest absolute Gasteiger partial charge is 0.307 e. The molecule has 0 radical (unpaired) electrons. The van der Waals surface area contributed by atoms with Crippen LogP contribution in [-0.2, 0) is 17.8 Å². The maximum absolute atomic E-state index is 12.3. The minimum atomic E-state index is -0.882. The summed E-state index contributed by atoms with van der Waals surface area (Å²) in [4.78, 5) is 31.2. The van der Waals surface area contributed by atoms with Gasteiger partial charge in [0, 0.05) is 6.54 Å². The molecule has 3 rings (SSSR count). The number of nitrogens with one attached hydrogen (secondary N) is 1. The molecule has 7 heteroatoms. The van der Waals surface area contributed by atoms with E-state index < -0.39 is 5.97 Å². The lowest BCUT2D eigenvalue weighted by Crippen LogP contribution is -2.24. The number of nitrogens with zero attached hydrogens (tertiary/aromatic N) is 2. The van der Waals surface area contributed by atoms with Gasteiger partial charge in [0.1, 0.15) is 12.0 Å². The molecule has 23 heavy (non-hydrogen) atoms.